The Hall–Kier alpha value is -2.16. The minimum absolute atomic E-state index is 0.598. The highest BCUT2D eigenvalue weighted by Gasteiger charge is 2.10. The van der Waals surface area contributed by atoms with Crippen LogP contribution in [0.15, 0.2) is 30.3 Å². The van der Waals surface area contributed by atoms with Gasteiger partial charge >= 0.3 is 0 Å². The van der Waals surface area contributed by atoms with Gasteiger partial charge in [-0.1, -0.05) is 12.1 Å². The molecule has 0 heterocycles. The quantitative estimate of drug-likeness (QED) is 0.845. The number of nitrogens with two attached hydrogens (primary N) is 1. The molecule has 0 aliphatic rings. The standard InChI is InChI=1S/C16H19NO2/c1-10-5-6-11(2)16(12(10)3)19-15-9-13(18-4)7-8-14(15)17/h5-9H,17H2,1-4H3. The van der Waals surface area contributed by atoms with Gasteiger partial charge in [0, 0.05) is 6.07 Å². The van der Waals surface area contributed by atoms with E-state index in [9.17, 15) is 0 Å². The van der Waals surface area contributed by atoms with Crippen molar-refractivity contribution < 1.29 is 9.47 Å². The highest BCUT2D eigenvalue weighted by Crippen LogP contribution is 2.35. The minimum Gasteiger partial charge on any atom is -0.497 e. The van der Waals surface area contributed by atoms with E-state index in [0.29, 0.717) is 11.4 Å². The second-order valence-corrected chi connectivity index (χ2v) is 4.66. The number of methoxy groups -OCH3 is 1. The van der Waals surface area contributed by atoms with Gasteiger partial charge in [0.1, 0.15) is 11.5 Å². The Labute approximate surface area is 114 Å². The Morgan fingerprint density at radius 3 is 2.32 bits per heavy atom. The first kappa shape index (κ1) is 13.3. The SMILES string of the molecule is COc1ccc(N)c(Oc2c(C)ccc(C)c2C)c1. The average Bonchev–Trinajstić information content (AvgIpc) is 2.41. The Morgan fingerprint density at radius 2 is 1.63 bits per heavy atom. The number of hydrogen-bond donors (Lipinski definition) is 1. The van der Waals surface area contributed by atoms with Gasteiger partial charge in [0.15, 0.2) is 5.75 Å². The molecule has 2 aromatic carbocycles. The maximum atomic E-state index is 5.99. The molecule has 0 aromatic heterocycles. The van der Waals surface area contributed by atoms with Crippen LogP contribution in [0.1, 0.15) is 16.7 Å². The van der Waals surface area contributed by atoms with Gasteiger partial charge in [0.2, 0.25) is 0 Å². The van der Waals surface area contributed by atoms with Crippen molar-refractivity contribution in [2.24, 2.45) is 0 Å². The van der Waals surface area contributed by atoms with E-state index in [1.165, 1.54) is 5.56 Å². The Bertz CT molecular complexity index is 606. The molecule has 19 heavy (non-hydrogen) atoms. The Morgan fingerprint density at radius 1 is 0.947 bits per heavy atom. The van der Waals surface area contributed by atoms with E-state index in [0.717, 1.165) is 22.6 Å². The second-order valence-electron chi connectivity index (χ2n) is 4.66. The highest BCUT2D eigenvalue weighted by atomic mass is 16.5. The fourth-order valence-electron chi connectivity index (χ4n) is 1.92. The van der Waals surface area contributed by atoms with Crippen LogP contribution in [-0.4, -0.2) is 7.11 Å². The van der Waals surface area contributed by atoms with Crippen molar-refractivity contribution in [3.63, 3.8) is 0 Å². The first-order valence-corrected chi connectivity index (χ1v) is 6.21. The van der Waals surface area contributed by atoms with Crippen molar-refractivity contribution in [2.45, 2.75) is 20.8 Å². The van der Waals surface area contributed by atoms with Crippen LogP contribution in [0.3, 0.4) is 0 Å². The van der Waals surface area contributed by atoms with E-state index in [1.54, 1.807) is 19.2 Å². The topological polar surface area (TPSA) is 44.5 Å². The summed E-state index contributed by atoms with van der Waals surface area (Å²) < 4.78 is 11.2. The smallest absolute Gasteiger partial charge is 0.154 e. The number of benzene rings is 2. The number of ether oxygens (including phenoxy) is 2. The van der Waals surface area contributed by atoms with Crippen LogP contribution in [0.4, 0.5) is 5.69 Å². The summed E-state index contributed by atoms with van der Waals surface area (Å²) in [6, 6.07) is 9.55. The zero-order chi connectivity index (χ0) is 14.0. The molecule has 0 aliphatic carbocycles. The summed E-state index contributed by atoms with van der Waals surface area (Å²) in [4.78, 5) is 0. The third kappa shape index (κ3) is 2.65. The predicted molar refractivity (Wildman–Crippen MR) is 78.1 cm³/mol. The van der Waals surface area contributed by atoms with Gasteiger partial charge in [0.05, 0.1) is 12.8 Å². The van der Waals surface area contributed by atoms with Gasteiger partial charge < -0.3 is 15.2 Å². The van der Waals surface area contributed by atoms with Crippen molar-refractivity contribution >= 4 is 5.69 Å². The molecule has 2 aromatic rings. The summed E-state index contributed by atoms with van der Waals surface area (Å²) in [5, 5.41) is 0. The minimum atomic E-state index is 0.598. The van der Waals surface area contributed by atoms with Crippen LogP contribution >= 0.6 is 0 Å². The van der Waals surface area contributed by atoms with Crippen LogP contribution in [0.2, 0.25) is 0 Å². The summed E-state index contributed by atoms with van der Waals surface area (Å²) >= 11 is 0. The molecule has 0 unspecified atom stereocenters. The number of hydrogen-bond acceptors (Lipinski definition) is 3. The fraction of sp³-hybridized carbons (Fsp3) is 0.250. The summed E-state index contributed by atoms with van der Waals surface area (Å²) in [6.45, 7) is 6.14. The van der Waals surface area contributed by atoms with Crippen LogP contribution < -0.4 is 15.2 Å². The lowest BCUT2D eigenvalue weighted by molar-refractivity contribution is 0.409. The molecule has 3 heteroatoms. The van der Waals surface area contributed by atoms with Crippen molar-refractivity contribution in [2.75, 3.05) is 12.8 Å². The van der Waals surface area contributed by atoms with E-state index < -0.39 is 0 Å². The highest BCUT2D eigenvalue weighted by molar-refractivity contribution is 5.58. The molecule has 0 aliphatic heterocycles. The van der Waals surface area contributed by atoms with Crippen LogP contribution in [0, 0.1) is 20.8 Å². The van der Waals surface area contributed by atoms with Gasteiger partial charge in [-0.15, -0.1) is 0 Å². The monoisotopic (exact) mass is 257 g/mol. The zero-order valence-electron chi connectivity index (χ0n) is 11.8. The number of rotatable bonds is 3. The third-order valence-corrected chi connectivity index (χ3v) is 3.31. The molecule has 2 N–H and O–H groups in total. The van der Waals surface area contributed by atoms with E-state index in [-0.39, 0.29) is 0 Å². The second kappa shape index (κ2) is 5.22. The predicted octanol–water partition coefficient (Wildman–Crippen LogP) is 3.99. The Balaban J connectivity index is 2.44. The molecule has 0 bridgehead atoms. The summed E-state index contributed by atoms with van der Waals surface area (Å²) in [6.07, 6.45) is 0. The van der Waals surface area contributed by atoms with Gasteiger partial charge in [-0.3, -0.25) is 0 Å². The molecule has 0 fully saturated rings. The maximum Gasteiger partial charge on any atom is 0.154 e. The first-order chi connectivity index (χ1) is 9.02. The number of aryl methyl sites for hydroxylation is 2. The zero-order valence-corrected chi connectivity index (χ0v) is 11.8. The van der Waals surface area contributed by atoms with E-state index in [1.807, 2.05) is 26.0 Å². The lowest BCUT2D eigenvalue weighted by atomic mass is 10.1. The lowest BCUT2D eigenvalue weighted by Gasteiger charge is -2.15. The van der Waals surface area contributed by atoms with Gasteiger partial charge in [-0.05, 0) is 49.6 Å². The van der Waals surface area contributed by atoms with Gasteiger partial charge in [-0.25, -0.2) is 0 Å². The molecule has 3 nitrogen and oxygen atoms in total. The molecule has 0 saturated heterocycles. The molecular weight excluding hydrogens is 238 g/mol. The summed E-state index contributed by atoms with van der Waals surface area (Å²) in [5.41, 5.74) is 9.96. The van der Waals surface area contributed by atoms with Crippen LogP contribution in [0.5, 0.6) is 17.2 Å². The lowest BCUT2D eigenvalue weighted by Crippen LogP contribution is -1.97. The average molecular weight is 257 g/mol. The number of anilines is 1. The fourth-order valence-corrected chi connectivity index (χ4v) is 1.92. The molecule has 0 radical (unpaired) electrons. The molecule has 100 valence electrons. The van der Waals surface area contributed by atoms with Gasteiger partial charge in [-0.2, -0.15) is 0 Å². The summed E-state index contributed by atoms with van der Waals surface area (Å²) in [7, 11) is 1.62. The maximum absolute atomic E-state index is 5.99. The normalized spacial score (nSPS) is 10.3. The van der Waals surface area contributed by atoms with E-state index in [4.69, 9.17) is 15.2 Å². The molecule has 0 atom stereocenters. The molecular formula is C16H19NO2. The van der Waals surface area contributed by atoms with E-state index >= 15 is 0 Å². The summed E-state index contributed by atoms with van der Waals surface area (Å²) in [5.74, 6) is 2.21. The first-order valence-electron chi connectivity index (χ1n) is 6.21. The Kier molecular flexibility index (Phi) is 3.65. The molecule has 2 rings (SSSR count). The largest absolute Gasteiger partial charge is 0.497 e. The molecule has 0 amide bonds. The van der Waals surface area contributed by atoms with Crippen LogP contribution in [0.25, 0.3) is 0 Å². The number of nitrogen functional groups attached to an aromatic ring is 1. The van der Waals surface area contributed by atoms with Gasteiger partial charge in [0.25, 0.3) is 0 Å². The van der Waals surface area contributed by atoms with Crippen molar-refractivity contribution in [3.8, 4) is 17.2 Å². The van der Waals surface area contributed by atoms with Crippen molar-refractivity contribution in [1.29, 1.82) is 0 Å². The molecule has 0 saturated carbocycles. The van der Waals surface area contributed by atoms with Crippen molar-refractivity contribution in [3.05, 3.63) is 47.0 Å². The van der Waals surface area contributed by atoms with E-state index in [2.05, 4.69) is 13.0 Å². The van der Waals surface area contributed by atoms with Crippen LogP contribution in [-0.2, 0) is 0 Å². The third-order valence-electron chi connectivity index (χ3n) is 3.31. The molecule has 0 spiro atoms. The van der Waals surface area contributed by atoms with Crippen molar-refractivity contribution in [1.82, 2.24) is 0 Å².